The molecule has 1 fully saturated rings. The highest BCUT2D eigenvalue weighted by Crippen LogP contribution is 2.22. The lowest BCUT2D eigenvalue weighted by molar-refractivity contribution is -0.153. The van der Waals surface area contributed by atoms with Crippen LogP contribution in [0.25, 0.3) is 0 Å². The highest BCUT2D eigenvalue weighted by atomic mass is 16.4. The maximum atomic E-state index is 11.5. The summed E-state index contributed by atoms with van der Waals surface area (Å²) in [5.74, 6) is -2.95. The Balaban J connectivity index is 2.79. The van der Waals surface area contributed by atoms with E-state index in [-0.39, 0.29) is 24.8 Å². The van der Waals surface area contributed by atoms with Crippen LogP contribution in [-0.4, -0.2) is 45.5 Å². The first-order valence-electron chi connectivity index (χ1n) is 4.82. The van der Waals surface area contributed by atoms with Crippen LogP contribution in [0, 0.1) is 5.92 Å². The van der Waals surface area contributed by atoms with Crippen molar-refractivity contribution >= 4 is 17.8 Å². The van der Waals surface area contributed by atoms with Crippen LogP contribution < -0.4 is 0 Å². The Kier molecular flexibility index (Phi) is 3.65. The summed E-state index contributed by atoms with van der Waals surface area (Å²) in [6.45, 7) is 3.76. The van der Waals surface area contributed by atoms with Gasteiger partial charge in [-0.15, -0.1) is 6.58 Å². The molecule has 0 radical (unpaired) electrons. The van der Waals surface area contributed by atoms with Gasteiger partial charge in [0.1, 0.15) is 6.04 Å². The molecule has 0 aliphatic carbocycles. The van der Waals surface area contributed by atoms with Crippen molar-refractivity contribution in [2.75, 3.05) is 6.54 Å². The van der Waals surface area contributed by atoms with Crippen LogP contribution in [0.1, 0.15) is 12.8 Å². The van der Waals surface area contributed by atoms with Gasteiger partial charge in [0.2, 0.25) is 5.91 Å². The SMILES string of the molecule is C=CC1CC(=O)N([C@@H](CC(=O)O)C(=O)O)C1. The molecule has 0 bridgehead atoms. The molecule has 1 amide bonds. The Labute approximate surface area is 92.2 Å². The van der Waals surface area contributed by atoms with Crippen LogP contribution in [-0.2, 0) is 14.4 Å². The number of rotatable bonds is 5. The van der Waals surface area contributed by atoms with E-state index in [1.54, 1.807) is 6.08 Å². The molecule has 1 unspecified atom stereocenters. The van der Waals surface area contributed by atoms with Crippen molar-refractivity contribution in [3.63, 3.8) is 0 Å². The van der Waals surface area contributed by atoms with Crippen molar-refractivity contribution in [2.24, 2.45) is 5.92 Å². The fourth-order valence-corrected chi connectivity index (χ4v) is 1.72. The zero-order valence-electron chi connectivity index (χ0n) is 8.63. The molecule has 0 aromatic heterocycles. The molecule has 1 aliphatic rings. The van der Waals surface area contributed by atoms with Crippen LogP contribution in [0.3, 0.4) is 0 Å². The first-order chi connectivity index (χ1) is 7.45. The summed E-state index contributed by atoms with van der Waals surface area (Å²) >= 11 is 0. The Morgan fingerprint density at radius 2 is 2.19 bits per heavy atom. The Hall–Kier alpha value is -1.85. The summed E-state index contributed by atoms with van der Waals surface area (Å²) in [6, 6.07) is -1.28. The van der Waals surface area contributed by atoms with E-state index >= 15 is 0 Å². The summed E-state index contributed by atoms with van der Waals surface area (Å²) in [7, 11) is 0. The van der Waals surface area contributed by atoms with Crippen molar-refractivity contribution in [3.8, 4) is 0 Å². The van der Waals surface area contributed by atoms with E-state index < -0.39 is 24.4 Å². The molecule has 1 rings (SSSR count). The minimum atomic E-state index is -1.29. The lowest BCUT2D eigenvalue weighted by atomic mass is 10.1. The molecule has 1 saturated heterocycles. The molecule has 2 atom stereocenters. The summed E-state index contributed by atoms with van der Waals surface area (Å²) in [6.07, 6.45) is 1.20. The molecule has 0 aromatic carbocycles. The molecule has 6 nitrogen and oxygen atoms in total. The Bertz CT molecular complexity index is 338. The maximum Gasteiger partial charge on any atom is 0.327 e. The van der Waals surface area contributed by atoms with Crippen molar-refractivity contribution in [2.45, 2.75) is 18.9 Å². The average molecular weight is 227 g/mol. The van der Waals surface area contributed by atoms with Crippen LogP contribution in [0.5, 0.6) is 0 Å². The topological polar surface area (TPSA) is 94.9 Å². The zero-order chi connectivity index (χ0) is 12.3. The standard InChI is InChI=1S/C10H13NO5/c1-2-6-3-8(12)11(5-6)7(10(15)16)4-9(13)14/h2,6-7H,1,3-5H2,(H,13,14)(H,15,16)/t6?,7-/m0/s1. The number of hydrogen-bond donors (Lipinski definition) is 2. The highest BCUT2D eigenvalue weighted by molar-refractivity contribution is 5.88. The van der Waals surface area contributed by atoms with Crippen LogP contribution in [0.2, 0.25) is 0 Å². The summed E-state index contributed by atoms with van der Waals surface area (Å²) < 4.78 is 0. The third-order valence-electron chi connectivity index (χ3n) is 2.55. The number of carboxylic acids is 2. The van der Waals surface area contributed by atoms with E-state index in [4.69, 9.17) is 10.2 Å². The van der Waals surface area contributed by atoms with Gasteiger partial charge in [-0.2, -0.15) is 0 Å². The Morgan fingerprint density at radius 1 is 1.56 bits per heavy atom. The molecular formula is C10H13NO5. The molecule has 0 saturated carbocycles. The van der Waals surface area contributed by atoms with Gasteiger partial charge in [0.05, 0.1) is 6.42 Å². The van der Waals surface area contributed by atoms with Gasteiger partial charge in [-0.25, -0.2) is 4.79 Å². The van der Waals surface area contributed by atoms with Crippen LogP contribution >= 0.6 is 0 Å². The van der Waals surface area contributed by atoms with E-state index in [1.807, 2.05) is 0 Å². The zero-order valence-corrected chi connectivity index (χ0v) is 8.63. The number of carbonyl (C=O) groups is 3. The predicted molar refractivity (Wildman–Crippen MR) is 53.7 cm³/mol. The van der Waals surface area contributed by atoms with E-state index in [0.29, 0.717) is 0 Å². The fourth-order valence-electron chi connectivity index (χ4n) is 1.72. The molecule has 1 heterocycles. The lowest BCUT2D eigenvalue weighted by Gasteiger charge is -2.22. The van der Waals surface area contributed by atoms with E-state index in [0.717, 1.165) is 4.90 Å². The number of nitrogens with zero attached hydrogens (tertiary/aromatic N) is 1. The van der Waals surface area contributed by atoms with Gasteiger partial charge < -0.3 is 15.1 Å². The van der Waals surface area contributed by atoms with Crippen LogP contribution in [0.15, 0.2) is 12.7 Å². The number of likely N-dealkylation sites (tertiary alicyclic amines) is 1. The second kappa shape index (κ2) is 4.78. The monoisotopic (exact) mass is 227 g/mol. The average Bonchev–Trinajstić information content (AvgIpc) is 2.55. The van der Waals surface area contributed by atoms with E-state index in [1.165, 1.54) is 0 Å². The second-order valence-electron chi connectivity index (χ2n) is 3.70. The lowest BCUT2D eigenvalue weighted by Crippen LogP contribution is -2.43. The van der Waals surface area contributed by atoms with Gasteiger partial charge in [-0.1, -0.05) is 6.08 Å². The Morgan fingerprint density at radius 3 is 2.56 bits per heavy atom. The largest absolute Gasteiger partial charge is 0.481 e. The van der Waals surface area contributed by atoms with Gasteiger partial charge in [-0.05, 0) is 0 Å². The minimum absolute atomic E-state index is 0.0943. The molecule has 1 aliphatic heterocycles. The van der Waals surface area contributed by atoms with Gasteiger partial charge >= 0.3 is 11.9 Å². The molecule has 6 heteroatoms. The third-order valence-corrected chi connectivity index (χ3v) is 2.55. The van der Waals surface area contributed by atoms with Crippen molar-refractivity contribution < 1.29 is 24.6 Å². The van der Waals surface area contributed by atoms with Crippen molar-refractivity contribution in [1.29, 1.82) is 0 Å². The van der Waals surface area contributed by atoms with Crippen LogP contribution in [0.4, 0.5) is 0 Å². The van der Waals surface area contributed by atoms with E-state index in [9.17, 15) is 14.4 Å². The van der Waals surface area contributed by atoms with E-state index in [2.05, 4.69) is 6.58 Å². The highest BCUT2D eigenvalue weighted by Gasteiger charge is 2.37. The van der Waals surface area contributed by atoms with Gasteiger partial charge in [-0.3, -0.25) is 9.59 Å². The minimum Gasteiger partial charge on any atom is -0.481 e. The quantitative estimate of drug-likeness (QED) is 0.642. The maximum absolute atomic E-state index is 11.5. The summed E-state index contributed by atoms with van der Waals surface area (Å²) in [4.78, 5) is 34.0. The predicted octanol–water partition coefficient (Wildman–Crippen LogP) is -0.0512. The molecule has 0 spiro atoms. The normalized spacial score (nSPS) is 21.9. The van der Waals surface area contributed by atoms with Gasteiger partial charge in [0, 0.05) is 18.9 Å². The smallest absolute Gasteiger partial charge is 0.327 e. The summed E-state index contributed by atoms with van der Waals surface area (Å²) in [5, 5.41) is 17.5. The molecule has 0 aromatic rings. The van der Waals surface area contributed by atoms with Crippen molar-refractivity contribution in [3.05, 3.63) is 12.7 Å². The number of amides is 1. The van der Waals surface area contributed by atoms with Gasteiger partial charge in [0.25, 0.3) is 0 Å². The number of carboxylic acid groups (broad SMARTS) is 2. The molecule has 16 heavy (non-hydrogen) atoms. The first kappa shape index (κ1) is 12.2. The molecular weight excluding hydrogens is 214 g/mol. The summed E-state index contributed by atoms with van der Waals surface area (Å²) in [5.41, 5.74) is 0. The third kappa shape index (κ3) is 2.59. The number of hydrogen-bond acceptors (Lipinski definition) is 3. The molecule has 88 valence electrons. The van der Waals surface area contributed by atoms with Crippen molar-refractivity contribution in [1.82, 2.24) is 4.90 Å². The first-order valence-corrected chi connectivity index (χ1v) is 4.82. The number of aliphatic carboxylic acids is 2. The van der Waals surface area contributed by atoms with Gasteiger partial charge in [0.15, 0.2) is 0 Å². The second-order valence-corrected chi connectivity index (χ2v) is 3.70. The molecule has 2 N–H and O–H groups in total. The number of carbonyl (C=O) groups excluding carboxylic acids is 1. The fraction of sp³-hybridized carbons (Fsp3) is 0.500.